The van der Waals surface area contributed by atoms with Crippen molar-refractivity contribution in [2.24, 2.45) is 0 Å². The van der Waals surface area contributed by atoms with Gasteiger partial charge in [0.05, 0.1) is 12.3 Å². The lowest BCUT2D eigenvalue weighted by Crippen LogP contribution is -1.87. The molecule has 0 unspecified atom stereocenters. The van der Waals surface area contributed by atoms with Crippen LogP contribution in [0.4, 0.5) is 0 Å². The highest BCUT2D eigenvalue weighted by atomic mass is 79.9. The molecule has 0 radical (unpaired) electrons. The highest BCUT2D eigenvalue weighted by molar-refractivity contribution is 9.09. The van der Waals surface area contributed by atoms with Crippen molar-refractivity contribution in [2.45, 2.75) is 13.0 Å². The van der Waals surface area contributed by atoms with Crippen molar-refractivity contribution in [1.82, 2.24) is 4.98 Å². The van der Waals surface area contributed by atoms with E-state index in [-0.39, 0.29) is 6.61 Å². The Morgan fingerprint density at radius 1 is 1.46 bits per heavy atom. The highest BCUT2D eigenvalue weighted by Crippen LogP contribution is 2.03. The van der Waals surface area contributed by atoms with Gasteiger partial charge in [0, 0.05) is 11.5 Å². The maximum atomic E-state index is 8.76. The molecule has 0 spiro atoms. The molecule has 3 heteroatoms. The molecule has 70 valence electrons. The Labute approximate surface area is 86.4 Å². The van der Waals surface area contributed by atoms with Crippen LogP contribution in [0.15, 0.2) is 24.4 Å². The van der Waals surface area contributed by atoms with E-state index in [9.17, 15) is 0 Å². The second-order valence-electron chi connectivity index (χ2n) is 2.62. The molecule has 0 aromatic carbocycles. The number of hydrogen-bond acceptors (Lipinski definition) is 2. The first-order valence-corrected chi connectivity index (χ1v) is 5.27. The number of hydrogen-bond donors (Lipinski definition) is 1. The van der Waals surface area contributed by atoms with Crippen molar-refractivity contribution >= 4 is 22.0 Å². The van der Waals surface area contributed by atoms with Gasteiger partial charge in [-0.25, -0.2) is 0 Å². The van der Waals surface area contributed by atoms with Gasteiger partial charge in [0.25, 0.3) is 0 Å². The molecule has 0 aliphatic rings. The van der Waals surface area contributed by atoms with E-state index in [1.165, 1.54) is 0 Å². The monoisotopic (exact) mass is 241 g/mol. The maximum Gasteiger partial charge on any atom is 0.0852 e. The second-order valence-corrected chi connectivity index (χ2v) is 3.41. The van der Waals surface area contributed by atoms with E-state index in [1.54, 1.807) is 6.20 Å². The molecule has 13 heavy (non-hydrogen) atoms. The molecule has 0 saturated carbocycles. The van der Waals surface area contributed by atoms with Crippen molar-refractivity contribution in [3.05, 3.63) is 35.7 Å². The van der Waals surface area contributed by atoms with Crippen molar-refractivity contribution in [1.29, 1.82) is 0 Å². The van der Waals surface area contributed by atoms with E-state index in [0.29, 0.717) is 5.69 Å². The minimum Gasteiger partial charge on any atom is -0.390 e. The maximum absolute atomic E-state index is 8.76. The molecule has 0 saturated heterocycles. The van der Waals surface area contributed by atoms with Crippen molar-refractivity contribution < 1.29 is 5.11 Å². The fourth-order valence-corrected chi connectivity index (χ4v) is 1.17. The zero-order valence-corrected chi connectivity index (χ0v) is 8.87. The van der Waals surface area contributed by atoms with Gasteiger partial charge in [-0.15, -0.1) is 0 Å². The van der Waals surface area contributed by atoms with E-state index in [0.717, 1.165) is 17.3 Å². The zero-order valence-electron chi connectivity index (χ0n) is 7.28. The number of nitrogens with zero attached hydrogens (tertiary/aromatic N) is 1. The van der Waals surface area contributed by atoms with E-state index >= 15 is 0 Å². The first kappa shape index (κ1) is 10.4. The van der Waals surface area contributed by atoms with Crippen molar-refractivity contribution in [3.8, 4) is 0 Å². The summed E-state index contributed by atoms with van der Waals surface area (Å²) in [4.78, 5) is 4.06. The molecular weight excluding hydrogens is 230 g/mol. The van der Waals surface area contributed by atoms with Crippen LogP contribution in [-0.4, -0.2) is 15.4 Å². The van der Waals surface area contributed by atoms with Gasteiger partial charge < -0.3 is 5.11 Å². The molecule has 1 rings (SSSR count). The summed E-state index contributed by atoms with van der Waals surface area (Å²) in [6, 6.07) is 3.77. The summed E-state index contributed by atoms with van der Waals surface area (Å²) in [7, 11) is 0. The molecule has 0 aliphatic heterocycles. The van der Waals surface area contributed by atoms with Crippen molar-refractivity contribution in [2.75, 3.05) is 5.33 Å². The van der Waals surface area contributed by atoms with E-state index < -0.39 is 0 Å². The van der Waals surface area contributed by atoms with Crippen LogP contribution >= 0.6 is 15.9 Å². The quantitative estimate of drug-likeness (QED) is 0.822. The first-order chi connectivity index (χ1) is 6.36. The van der Waals surface area contributed by atoms with Gasteiger partial charge in [-0.2, -0.15) is 0 Å². The zero-order chi connectivity index (χ0) is 9.52. The summed E-state index contributed by atoms with van der Waals surface area (Å²) < 4.78 is 0. The number of allylic oxidation sites excluding steroid dienone is 1. The molecule has 0 fully saturated rings. The van der Waals surface area contributed by atoms with Gasteiger partial charge in [0.2, 0.25) is 0 Å². The van der Waals surface area contributed by atoms with Crippen LogP contribution in [0.1, 0.15) is 17.7 Å². The predicted octanol–water partition coefficient (Wildman–Crippen LogP) is 2.37. The number of aliphatic hydroxyl groups is 1. The van der Waals surface area contributed by atoms with E-state index in [1.807, 2.05) is 18.2 Å². The van der Waals surface area contributed by atoms with Crippen molar-refractivity contribution in [3.63, 3.8) is 0 Å². The summed E-state index contributed by atoms with van der Waals surface area (Å²) >= 11 is 3.35. The van der Waals surface area contributed by atoms with Gasteiger partial charge in [-0.05, 0) is 18.1 Å². The Morgan fingerprint density at radius 3 is 2.85 bits per heavy atom. The van der Waals surface area contributed by atoms with Crippen LogP contribution in [0.2, 0.25) is 0 Å². The topological polar surface area (TPSA) is 33.1 Å². The van der Waals surface area contributed by atoms with Crippen LogP contribution in [-0.2, 0) is 6.61 Å². The van der Waals surface area contributed by atoms with E-state index in [4.69, 9.17) is 5.11 Å². The Balaban J connectivity index is 2.58. The summed E-state index contributed by atoms with van der Waals surface area (Å²) in [6.07, 6.45) is 6.89. The minimum absolute atomic E-state index is 0.00535. The van der Waals surface area contributed by atoms with Gasteiger partial charge >= 0.3 is 0 Å². The summed E-state index contributed by atoms with van der Waals surface area (Å²) in [6.45, 7) is 0.00535. The number of aromatic nitrogens is 1. The Bertz CT molecular complexity index is 269. The van der Waals surface area contributed by atoms with Gasteiger partial charge in [-0.3, -0.25) is 4.98 Å². The SMILES string of the molecule is OCc1ccc(C=CCCBr)cn1. The molecule has 2 nitrogen and oxygen atoms in total. The summed E-state index contributed by atoms with van der Waals surface area (Å²) in [5.41, 5.74) is 1.77. The first-order valence-electron chi connectivity index (χ1n) is 4.15. The second kappa shape index (κ2) is 5.89. The number of rotatable bonds is 4. The molecule has 1 N–H and O–H groups in total. The summed E-state index contributed by atoms with van der Waals surface area (Å²) in [5.74, 6) is 0. The number of halogens is 1. The average molecular weight is 242 g/mol. The molecular formula is C10H12BrNO. The fourth-order valence-electron chi connectivity index (χ4n) is 0.910. The Hall–Kier alpha value is -0.670. The van der Waals surface area contributed by atoms with Gasteiger partial charge in [-0.1, -0.05) is 34.1 Å². The van der Waals surface area contributed by atoms with Crippen LogP contribution in [0.25, 0.3) is 6.08 Å². The smallest absolute Gasteiger partial charge is 0.0852 e. The molecule has 1 aromatic heterocycles. The van der Waals surface area contributed by atoms with E-state index in [2.05, 4.69) is 27.0 Å². The molecule has 0 aliphatic carbocycles. The standard InChI is InChI=1S/C10H12BrNO/c11-6-2-1-3-9-4-5-10(8-13)12-7-9/h1,3-5,7,13H,2,6,8H2. The largest absolute Gasteiger partial charge is 0.390 e. The lowest BCUT2D eigenvalue weighted by atomic mass is 10.2. The van der Waals surface area contributed by atoms with Gasteiger partial charge in [0.1, 0.15) is 0 Å². The lowest BCUT2D eigenvalue weighted by Gasteiger charge is -1.95. The highest BCUT2D eigenvalue weighted by Gasteiger charge is 1.90. The average Bonchev–Trinajstić information content (AvgIpc) is 2.19. The molecule has 0 amide bonds. The van der Waals surface area contributed by atoms with Crippen LogP contribution < -0.4 is 0 Å². The van der Waals surface area contributed by atoms with Crippen LogP contribution in [0.3, 0.4) is 0 Å². The Morgan fingerprint density at radius 2 is 2.31 bits per heavy atom. The molecule has 1 aromatic rings. The molecule has 0 bridgehead atoms. The fraction of sp³-hybridized carbons (Fsp3) is 0.300. The third-order valence-corrected chi connectivity index (χ3v) is 2.05. The third kappa shape index (κ3) is 3.70. The predicted molar refractivity (Wildman–Crippen MR) is 57.6 cm³/mol. The number of alkyl halides is 1. The number of aliphatic hydroxyl groups excluding tert-OH is 1. The van der Waals surface area contributed by atoms with Gasteiger partial charge in [0.15, 0.2) is 0 Å². The van der Waals surface area contributed by atoms with Crippen LogP contribution in [0, 0.1) is 0 Å². The Kier molecular flexibility index (Phi) is 4.72. The van der Waals surface area contributed by atoms with Crippen LogP contribution in [0.5, 0.6) is 0 Å². The number of pyridine rings is 1. The molecule has 1 heterocycles. The lowest BCUT2D eigenvalue weighted by molar-refractivity contribution is 0.277. The third-order valence-electron chi connectivity index (χ3n) is 1.60. The normalized spacial score (nSPS) is 10.9. The summed E-state index contributed by atoms with van der Waals surface area (Å²) in [5, 5.41) is 9.73. The molecule has 0 atom stereocenters. The minimum atomic E-state index is 0.00535.